The van der Waals surface area contributed by atoms with Crippen molar-refractivity contribution >= 4 is 28.9 Å². The molecule has 2 rings (SSSR count). The summed E-state index contributed by atoms with van der Waals surface area (Å²) in [6.07, 6.45) is -0.701. The Morgan fingerprint density at radius 1 is 1.04 bits per heavy atom. The minimum Gasteiger partial charge on any atom is -0.506 e. The molecule has 5 N–H and O–H groups in total. The Balaban J connectivity index is 2.10. The van der Waals surface area contributed by atoms with E-state index < -0.39 is 6.10 Å². The van der Waals surface area contributed by atoms with Crippen LogP contribution >= 0.6 is 23.2 Å². The summed E-state index contributed by atoms with van der Waals surface area (Å²) in [6, 6.07) is 8.12. The average Bonchev–Trinajstić information content (AvgIpc) is 2.56. The molecular weight excluding hydrogens is 375 g/mol. The maximum absolute atomic E-state index is 10.4. The molecule has 5 nitrogen and oxygen atoms in total. The molecule has 0 spiro atoms. The van der Waals surface area contributed by atoms with E-state index in [0.717, 1.165) is 5.56 Å². The van der Waals surface area contributed by atoms with Gasteiger partial charge in [0.15, 0.2) is 5.75 Å². The highest BCUT2D eigenvalue weighted by Gasteiger charge is 2.15. The Morgan fingerprint density at radius 2 is 1.65 bits per heavy atom. The second kappa shape index (κ2) is 8.35. The minimum absolute atomic E-state index is 0.0701. The van der Waals surface area contributed by atoms with E-state index in [9.17, 15) is 15.3 Å². The monoisotopic (exact) mass is 398 g/mol. The second-order valence-electron chi connectivity index (χ2n) is 7.18. The first-order valence-electron chi connectivity index (χ1n) is 8.23. The third-order valence-electron chi connectivity index (χ3n) is 3.79. The summed E-state index contributed by atoms with van der Waals surface area (Å²) >= 11 is 11.8. The van der Waals surface area contributed by atoms with Gasteiger partial charge in [-0.25, -0.2) is 0 Å². The lowest BCUT2D eigenvalue weighted by Crippen LogP contribution is -2.38. The Labute approximate surface area is 163 Å². The van der Waals surface area contributed by atoms with Crippen LogP contribution in [0, 0.1) is 0 Å². The predicted molar refractivity (Wildman–Crippen MR) is 106 cm³/mol. The van der Waals surface area contributed by atoms with Gasteiger partial charge in [0.1, 0.15) is 5.75 Å². The van der Waals surface area contributed by atoms with Crippen molar-refractivity contribution in [2.75, 3.05) is 11.9 Å². The summed E-state index contributed by atoms with van der Waals surface area (Å²) in [5.41, 5.74) is 1.81. The molecule has 7 heteroatoms. The molecule has 26 heavy (non-hydrogen) atoms. The third kappa shape index (κ3) is 5.68. The van der Waals surface area contributed by atoms with Gasteiger partial charge in [-0.2, -0.15) is 0 Å². The first kappa shape index (κ1) is 20.6. The molecule has 0 fully saturated rings. The lowest BCUT2D eigenvalue weighted by atomic mass is 10.1. The predicted octanol–water partition coefficient (Wildman–Crippen LogP) is 4.44. The number of aliphatic hydroxyl groups excluding tert-OH is 1. The second-order valence-corrected chi connectivity index (χ2v) is 8.00. The Kier molecular flexibility index (Phi) is 6.64. The lowest BCUT2D eigenvalue weighted by molar-refractivity contribution is 0.163. The van der Waals surface area contributed by atoms with E-state index in [1.807, 2.05) is 20.8 Å². The summed E-state index contributed by atoms with van der Waals surface area (Å²) in [7, 11) is 0. The van der Waals surface area contributed by atoms with E-state index >= 15 is 0 Å². The van der Waals surface area contributed by atoms with Crippen molar-refractivity contribution < 1.29 is 15.3 Å². The summed E-state index contributed by atoms with van der Waals surface area (Å²) in [6.45, 7) is 6.82. The first-order valence-corrected chi connectivity index (χ1v) is 8.99. The molecule has 2 aromatic rings. The molecule has 0 aliphatic heterocycles. The number of anilines is 1. The number of halogens is 2. The lowest BCUT2D eigenvalue weighted by Gasteiger charge is -2.23. The van der Waals surface area contributed by atoms with Crippen LogP contribution in [0.4, 0.5) is 5.69 Å². The van der Waals surface area contributed by atoms with Gasteiger partial charge in [-0.3, -0.25) is 0 Å². The number of phenols is 2. The van der Waals surface area contributed by atoms with E-state index in [2.05, 4.69) is 10.6 Å². The zero-order chi connectivity index (χ0) is 19.5. The zero-order valence-electron chi connectivity index (χ0n) is 15.0. The number of aliphatic hydroxyl groups is 1. The van der Waals surface area contributed by atoms with Gasteiger partial charge in [0, 0.05) is 18.6 Å². The molecular formula is C19H24Cl2N2O3. The number of hydrogen-bond donors (Lipinski definition) is 5. The van der Waals surface area contributed by atoms with Gasteiger partial charge < -0.3 is 26.0 Å². The number of hydrogen-bond acceptors (Lipinski definition) is 5. The van der Waals surface area contributed by atoms with Gasteiger partial charge in [0.25, 0.3) is 0 Å². The molecule has 0 bridgehead atoms. The fraction of sp³-hybridized carbons (Fsp3) is 0.368. The van der Waals surface area contributed by atoms with Crippen LogP contribution < -0.4 is 10.6 Å². The topological polar surface area (TPSA) is 84.8 Å². The van der Waals surface area contributed by atoms with E-state index in [4.69, 9.17) is 23.2 Å². The molecule has 2 aromatic carbocycles. The Bertz CT molecular complexity index is 753. The van der Waals surface area contributed by atoms with Crippen LogP contribution in [0.25, 0.3) is 0 Å². The maximum Gasteiger partial charge on any atom is 0.152 e. The summed E-state index contributed by atoms with van der Waals surface area (Å²) in [5.74, 6) is -0.0860. The summed E-state index contributed by atoms with van der Waals surface area (Å²) in [5, 5.41) is 36.7. The van der Waals surface area contributed by atoms with Crippen LogP contribution in [-0.4, -0.2) is 27.4 Å². The largest absolute Gasteiger partial charge is 0.506 e. The third-order valence-corrected chi connectivity index (χ3v) is 4.37. The van der Waals surface area contributed by atoms with Crippen LogP contribution in [-0.2, 0) is 6.54 Å². The van der Waals surface area contributed by atoms with Gasteiger partial charge in [0.2, 0.25) is 0 Å². The van der Waals surface area contributed by atoms with Crippen molar-refractivity contribution in [2.24, 2.45) is 0 Å². The quantitative estimate of drug-likeness (QED) is 0.464. The number of nitrogens with one attached hydrogen (secondary N) is 2. The highest BCUT2D eigenvalue weighted by atomic mass is 35.5. The van der Waals surface area contributed by atoms with Crippen LogP contribution in [0.1, 0.15) is 38.0 Å². The molecule has 1 unspecified atom stereocenters. The van der Waals surface area contributed by atoms with Crippen LogP contribution in [0.2, 0.25) is 10.0 Å². The molecule has 0 amide bonds. The summed E-state index contributed by atoms with van der Waals surface area (Å²) in [4.78, 5) is 0. The van der Waals surface area contributed by atoms with Crippen molar-refractivity contribution in [3.8, 4) is 11.5 Å². The van der Waals surface area contributed by atoms with Crippen molar-refractivity contribution in [1.29, 1.82) is 0 Å². The molecule has 0 saturated carbocycles. The first-order chi connectivity index (χ1) is 12.1. The van der Waals surface area contributed by atoms with Crippen LogP contribution in [0.5, 0.6) is 11.5 Å². The highest BCUT2D eigenvalue weighted by Crippen LogP contribution is 2.33. The van der Waals surface area contributed by atoms with Crippen molar-refractivity contribution in [2.45, 2.75) is 39.0 Å². The Morgan fingerprint density at radius 3 is 2.23 bits per heavy atom. The normalized spacial score (nSPS) is 12.8. The van der Waals surface area contributed by atoms with E-state index in [1.165, 1.54) is 6.07 Å². The van der Waals surface area contributed by atoms with Gasteiger partial charge in [-0.1, -0.05) is 29.3 Å². The zero-order valence-corrected chi connectivity index (χ0v) is 16.5. The van der Waals surface area contributed by atoms with Gasteiger partial charge in [-0.05, 0) is 56.2 Å². The molecule has 0 heterocycles. The fourth-order valence-corrected chi connectivity index (χ4v) is 2.87. The highest BCUT2D eigenvalue weighted by molar-refractivity contribution is 6.37. The van der Waals surface area contributed by atoms with Crippen molar-refractivity contribution in [3.05, 3.63) is 51.5 Å². The van der Waals surface area contributed by atoms with Gasteiger partial charge in [-0.15, -0.1) is 0 Å². The molecule has 142 valence electrons. The molecule has 0 saturated heterocycles. The summed E-state index contributed by atoms with van der Waals surface area (Å²) < 4.78 is 0. The molecule has 1 atom stereocenters. The molecule has 0 radical (unpaired) electrons. The Hall–Kier alpha value is -1.66. The standard InChI is InChI=1S/C19H24Cl2N2O3/c1-19(2,3)23-10-17(25)12-4-5-16(24)15(8-12)22-9-11-6-13(20)18(26)14(21)7-11/h4-8,17,22-26H,9-10H2,1-3H3. The fourth-order valence-electron chi connectivity index (χ4n) is 2.34. The number of β-amino-alcohol motifs (C(OH)–C–C–N with tert-alkyl or cyclic N) is 1. The average molecular weight is 399 g/mol. The van der Waals surface area contributed by atoms with Gasteiger partial charge >= 0.3 is 0 Å². The minimum atomic E-state index is -0.701. The maximum atomic E-state index is 10.4. The SMILES string of the molecule is CC(C)(C)NCC(O)c1ccc(O)c(NCc2cc(Cl)c(O)c(Cl)c2)c1. The van der Waals surface area contributed by atoms with Gasteiger partial charge in [0.05, 0.1) is 21.8 Å². The number of rotatable bonds is 6. The smallest absolute Gasteiger partial charge is 0.152 e. The van der Waals surface area contributed by atoms with Crippen molar-refractivity contribution in [3.63, 3.8) is 0 Å². The molecule has 0 aromatic heterocycles. The van der Waals surface area contributed by atoms with Crippen LogP contribution in [0.15, 0.2) is 30.3 Å². The number of phenolic OH excluding ortho intramolecular Hbond substituents is 2. The van der Waals surface area contributed by atoms with Crippen LogP contribution in [0.3, 0.4) is 0 Å². The van der Waals surface area contributed by atoms with E-state index in [1.54, 1.807) is 24.3 Å². The number of benzene rings is 2. The van der Waals surface area contributed by atoms with Crippen molar-refractivity contribution in [1.82, 2.24) is 5.32 Å². The molecule has 0 aliphatic carbocycles. The van der Waals surface area contributed by atoms with E-state index in [0.29, 0.717) is 24.3 Å². The molecule has 0 aliphatic rings. The van der Waals surface area contributed by atoms with E-state index in [-0.39, 0.29) is 27.1 Å². The number of aromatic hydroxyl groups is 2.